The fourth-order valence-electron chi connectivity index (χ4n) is 3.12. The number of benzene rings is 1. The molecule has 1 aromatic carbocycles. The molecule has 7 heteroatoms. The Morgan fingerprint density at radius 1 is 1.25 bits per heavy atom. The number of halogens is 1. The normalized spacial score (nSPS) is 20.6. The average molecular weight is 328 g/mol. The number of hydrogen-bond acceptors (Lipinski definition) is 6. The molecule has 6 nitrogen and oxygen atoms in total. The van der Waals surface area contributed by atoms with E-state index in [-0.39, 0.29) is 11.2 Å². The molecule has 3 aromatic rings. The Balaban J connectivity index is 1.63. The second-order valence-corrected chi connectivity index (χ2v) is 6.05. The van der Waals surface area contributed by atoms with Crippen molar-refractivity contribution in [2.75, 3.05) is 25.1 Å². The van der Waals surface area contributed by atoms with Gasteiger partial charge in [-0.3, -0.25) is 0 Å². The van der Waals surface area contributed by atoms with E-state index in [2.05, 4.69) is 20.3 Å². The van der Waals surface area contributed by atoms with Gasteiger partial charge < -0.3 is 14.5 Å². The fraction of sp³-hybridized carbons (Fsp3) is 0.353. The van der Waals surface area contributed by atoms with Crippen LogP contribution in [0.4, 0.5) is 10.2 Å². The van der Waals surface area contributed by atoms with Crippen molar-refractivity contribution in [2.45, 2.75) is 18.8 Å². The highest BCUT2D eigenvalue weighted by Crippen LogP contribution is 2.34. The molecule has 3 heterocycles. The summed E-state index contributed by atoms with van der Waals surface area (Å²) in [7, 11) is 0. The predicted molar refractivity (Wildman–Crippen MR) is 86.3 cm³/mol. The zero-order valence-corrected chi connectivity index (χ0v) is 13.3. The summed E-state index contributed by atoms with van der Waals surface area (Å²) in [5, 5.41) is 3.35. The summed E-state index contributed by atoms with van der Waals surface area (Å²) >= 11 is 0. The quantitative estimate of drug-likeness (QED) is 0.794. The second kappa shape index (κ2) is 5.83. The molecule has 1 N–H and O–H groups in total. The van der Waals surface area contributed by atoms with Crippen molar-refractivity contribution in [2.24, 2.45) is 0 Å². The van der Waals surface area contributed by atoms with Crippen LogP contribution in [0, 0.1) is 12.7 Å². The lowest BCUT2D eigenvalue weighted by atomic mass is 9.79. The van der Waals surface area contributed by atoms with Crippen LogP contribution in [0.1, 0.15) is 17.9 Å². The van der Waals surface area contributed by atoms with E-state index in [1.165, 1.54) is 18.5 Å². The van der Waals surface area contributed by atoms with Crippen LogP contribution in [-0.4, -0.2) is 34.7 Å². The van der Waals surface area contributed by atoms with Crippen molar-refractivity contribution in [1.82, 2.24) is 15.0 Å². The van der Waals surface area contributed by atoms with Crippen LogP contribution < -0.4 is 5.32 Å². The first-order chi connectivity index (χ1) is 11.7. The molecule has 4 rings (SSSR count). The van der Waals surface area contributed by atoms with Gasteiger partial charge in [-0.15, -0.1) is 0 Å². The van der Waals surface area contributed by atoms with Gasteiger partial charge in [-0.1, -0.05) is 12.1 Å². The van der Waals surface area contributed by atoms with Gasteiger partial charge in [-0.2, -0.15) is 4.98 Å². The highest BCUT2D eigenvalue weighted by atomic mass is 19.1. The number of anilines is 1. The molecule has 1 saturated heterocycles. The molecule has 0 saturated carbocycles. The van der Waals surface area contributed by atoms with Crippen LogP contribution in [0.15, 0.2) is 35.0 Å². The predicted octanol–water partition coefficient (Wildman–Crippen LogP) is 2.84. The number of nitrogens with zero attached hydrogens (tertiary/aromatic N) is 3. The molecule has 124 valence electrons. The number of hydrogen-bond donors (Lipinski definition) is 1. The van der Waals surface area contributed by atoms with Gasteiger partial charge in [-0.25, -0.2) is 14.4 Å². The Kier molecular flexibility index (Phi) is 3.65. The summed E-state index contributed by atoms with van der Waals surface area (Å²) in [5.41, 5.74) is 1.91. The maximum absolute atomic E-state index is 13.2. The van der Waals surface area contributed by atoms with Crippen molar-refractivity contribution in [1.29, 1.82) is 0 Å². The molecule has 0 aliphatic carbocycles. The molecule has 0 spiro atoms. The van der Waals surface area contributed by atoms with Gasteiger partial charge in [0.1, 0.15) is 12.1 Å². The summed E-state index contributed by atoms with van der Waals surface area (Å²) in [5.74, 6) is 0.938. The maximum atomic E-state index is 13.2. The minimum atomic E-state index is -0.239. The van der Waals surface area contributed by atoms with Gasteiger partial charge in [0.15, 0.2) is 17.2 Å². The SMILES string of the molecule is Cc1nc2c(NCC3(c4ccc(F)cc4)CCOC3)ncnc2o1. The number of rotatable bonds is 4. The van der Waals surface area contributed by atoms with Gasteiger partial charge in [0.25, 0.3) is 5.71 Å². The third-order valence-electron chi connectivity index (χ3n) is 4.46. The maximum Gasteiger partial charge on any atom is 0.252 e. The monoisotopic (exact) mass is 328 g/mol. The standard InChI is InChI=1S/C17H17FN4O2/c1-11-22-14-15(20-10-21-16(14)24-11)19-8-17(6-7-23-9-17)12-2-4-13(18)5-3-12/h2-5,10H,6-9H2,1H3,(H,19,20,21). The van der Waals surface area contributed by atoms with Crippen molar-refractivity contribution in [3.63, 3.8) is 0 Å². The lowest BCUT2D eigenvalue weighted by Crippen LogP contribution is -2.35. The molecule has 2 aromatic heterocycles. The zero-order chi connectivity index (χ0) is 16.6. The number of fused-ring (bicyclic) bond motifs is 1. The molecule has 1 unspecified atom stereocenters. The molecular formula is C17H17FN4O2. The third-order valence-corrected chi connectivity index (χ3v) is 4.46. The van der Waals surface area contributed by atoms with E-state index in [0.29, 0.717) is 42.7 Å². The first-order valence-electron chi connectivity index (χ1n) is 7.82. The van der Waals surface area contributed by atoms with Crippen molar-refractivity contribution >= 4 is 17.0 Å². The molecule has 1 aliphatic rings. The summed E-state index contributed by atoms with van der Waals surface area (Å²) < 4.78 is 24.3. The Morgan fingerprint density at radius 2 is 2.08 bits per heavy atom. The van der Waals surface area contributed by atoms with E-state index in [1.54, 1.807) is 6.92 Å². The van der Waals surface area contributed by atoms with Crippen LogP contribution in [0.2, 0.25) is 0 Å². The van der Waals surface area contributed by atoms with E-state index < -0.39 is 0 Å². The van der Waals surface area contributed by atoms with E-state index >= 15 is 0 Å². The molecule has 1 atom stereocenters. The molecule has 1 aliphatic heterocycles. The molecule has 0 radical (unpaired) electrons. The minimum Gasteiger partial charge on any atom is -0.422 e. The number of aromatic nitrogens is 3. The van der Waals surface area contributed by atoms with E-state index in [4.69, 9.17) is 9.15 Å². The van der Waals surface area contributed by atoms with Crippen LogP contribution in [0.25, 0.3) is 11.2 Å². The van der Waals surface area contributed by atoms with Crippen LogP contribution in [-0.2, 0) is 10.2 Å². The summed E-state index contributed by atoms with van der Waals surface area (Å²) in [4.78, 5) is 12.7. The fourth-order valence-corrected chi connectivity index (χ4v) is 3.12. The summed E-state index contributed by atoms with van der Waals surface area (Å²) in [6.45, 7) is 3.64. The Bertz CT molecular complexity index is 857. The first-order valence-corrected chi connectivity index (χ1v) is 7.82. The molecule has 24 heavy (non-hydrogen) atoms. The Morgan fingerprint density at radius 3 is 2.83 bits per heavy atom. The van der Waals surface area contributed by atoms with Gasteiger partial charge in [-0.05, 0) is 24.1 Å². The summed E-state index contributed by atoms with van der Waals surface area (Å²) in [6, 6.07) is 6.61. The van der Waals surface area contributed by atoms with Gasteiger partial charge in [0, 0.05) is 25.5 Å². The Hall–Kier alpha value is -2.54. The van der Waals surface area contributed by atoms with Crippen LogP contribution >= 0.6 is 0 Å². The van der Waals surface area contributed by atoms with E-state index in [1.807, 2.05) is 12.1 Å². The van der Waals surface area contributed by atoms with Crippen molar-refractivity contribution in [3.8, 4) is 0 Å². The van der Waals surface area contributed by atoms with Crippen LogP contribution in [0.3, 0.4) is 0 Å². The molecule has 0 amide bonds. The number of oxazole rings is 1. The van der Waals surface area contributed by atoms with E-state index in [9.17, 15) is 4.39 Å². The minimum absolute atomic E-state index is 0.218. The molecule has 1 fully saturated rings. The topological polar surface area (TPSA) is 73.1 Å². The lowest BCUT2D eigenvalue weighted by molar-refractivity contribution is 0.179. The molecule has 0 bridgehead atoms. The highest BCUT2D eigenvalue weighted by Gasteiger charge is 2.37. The zero-order valence-electron chi connectivity index (χ0n) is 13.3. The molecular weight excluding hydrogens is 311 g/mol. The number of nitrogens with one attached hydrogen (secondary N) is 1. The van der Waals surface area contributed by atoms with Crippen molar-refractivity contribution < 1.29 is 13.5 Å². The third kappa shape index (κ3) is 2.60. The van der Waals surface area contributed by atoms with Crippen molar-refractivity contribution in [3.05, 3.63) is 47.9 Å². The van der Waals surface area contributed by atoms with Crippen LogP contribution in [0.5, 0.6) is 0 Å². The van der Waals surface area contributed by atoms with E-state index in [0.717, 1.165) is 12.0 Å². The second-order valence-electron chi connectivity index (χ2n) is 6.05. The van der Waals surface area contributed by atoms with Gasteiger partial charge >= 0.3 is 0 Å². The number of ether oxygens (including phenoxy) is 1. The highest BCUT2D eigenvalue weighted by molar-refractivity contribution is 5.80. The largest absolute Gasteiger partial charge is 0.422 e. The average Bonchev–Trinajstić information content (AvgIpc) is 3.20. The Labute approximate surface area is 138 Å². The smallest absolute Gasteiger partial charge is 0.252 e. The first kappa shape index (κ1) is 15.0. The lowest BCUT2D eigenvalue weighted by Gasteiger charge is -2.28. The van der Waals surface area contributed by atoms with Gasteiger partial charge in [0.05, 0.1) is 6.61 Å². The van der Waals surface area contributed by atoms with Gasteiger partial charge in [0.2, 0.25) is 0 Å². The number of aryl methyl sites for hydroxylation is 1. The summed E-state index contributed by atoms with van der Waals surface area (Å²) in [6.07, 6.45) is 2.31.